The molecule has 0 aliphatic carbocycles. The Hall–Kier alpha value is -1.88. The van der Waals surface area contributed by atoms with E-state index in [2.05, 4.69) is 0 Å². The van der Waals surface area contributed by atoms with Crippen molar-refractivity contribution in [1.29, 1.82) is 0 Å². The van der Waals surface area contributed by atoms with Gasteiger partial charge in [-0.05, 0) is 31.3 Å². The Labute approximate surface area is 111 Å². The fraction of sp³-hybridized carbons (Fsp3) is 0.231. The van der Waals surface area contributed by atoms with Gasteiger partial charge in [-0.2, -0.15) is 0 Å². The summed E-state index contributed by atoms with van der Waals surface area (Å²) in [5.41, 5.74) is 1.08. The Balaban J connectivity index is 2.43. The van der Waals surface area contributed by atoms with Crippen LogP contribution >= 0.6 is 12.2 Å². The smallest absolute Gasteiger partial charge is 0.276 e. The van der Waals surface area contributed by atoms with Crippen molar-refractivity contribution >= 4 is 29.3 Å². The summed E-state index contributed by atoms with van der Waals surface area (Å²) in [5, 5.41) is 10.2. The highest BCUT2D eigenvalue weighted by Gasteiger charge is 2.34. The summed E-state index contributed by atoms with van der Waals surface area (Å²) < 4.78 is 0. The lowest BCUT2D eigenvalue weighted by molar-refractivity contribution is -0.122. The van der Waals surface area contributed by atoms with Gasteiger partial charge in [0.2, 0.25) is 0 Å². The molecule has 1 N–H and O–H groups in total. The van der Waals surface area contributed by atoms with Crippen LogP contribution in [0.15, 0.2) is 30.0 Å². The van der Waals surface area contributed by atoms with Crippen molar-refractivity contribution < 1.29 is 9.90 Å². The molecule has 1 saturated heterocycles. The second-order valence-corrected chi connectivity index (χ2v) is 4.34. The van der Waals surface area contributed by atoms with Crippen LogP contribution in [-0.4, -0.2) is 39.5 Å². The number of phenolic OH excluding ortho intramolecular Hbond substituents is 1. The third-order valence-corrected chi connectivity index (χ3v) is 3.38. The van der Waals surface area contributed by atoms with Crippen LogP contribution in [-0.2, 0) is 4.79 Å². The lowest BCUT2D eigenvalue weighted by atomic mass is 10.1. The largest absolute Gasteiger partial charge is 0.507 e. The number of benzene rings is 1. The summed E-state index contributed by atoms with van der Waals surface area (Å²) in [6.45, 7) is 2.42. The van der Waals surface area contributed by atoms with Gasteiger partial charge in [0.1, 0.15) is 11.4 Å². The van der Waals surface area contributed by atoms with E-state index < -0.39 is 0 Å². The molecule has 1 aromatic rings. The SMILES string of the molecule is CCN1C(=O)/C(=C\c2ccccc2O)N(C)C1=S. The number of hydrogen-bond acceptors (Lipinski definition) is 3. The average Bonchev–Trinajstić information content (AvgIpc) is 2.56. The number of phenols is 1. The monoisotopic (exact) mass is 262 g/mol. The fourth-order valence-electron chi connectivity index (χ4n) is 1.85. The van der Waals surface area contributed by atoms with E-state index in [1.54, 1.807) is 42.3 Å². The Bertz CT molecular complexity index is 540. The van der Waals surface area contributed by atoms with Crippen molar-refractivity contribution in [2.75, 3.05) is 13.6 Å². The molecule has 5 heteroatoms. The van der Waals surface area contributed by atoms with Gasteiger partial charge < -0.3 is 10.0 Å². The van der Waals surface area contributed by atoms with Crippen LogP contribution in [0.25, 0.3) is 6.08 Å². The summed E-state index contributed by atoms with van der Waals surface area (Å²) in [6, 6.07) is 6.88. The minimum atomic E-state index is -0.131. The molecular formula is C13H14N2O2S. The van der Waals surface area contributed by atoms with Crippen LogP contribution in [0.5, 0.6) is 5.75 Å². The van der Waals surface area contributed by atoms with Crippen LogP contribution in [0.2, 0.25) is 0 Å². The molecule has 1 aromatic carbocycles. The highest BCUT2D eigenvalue weighted by atomic mass is 32.1. The molecule has 1 fully saturated rings. The molecule has 94 valence electrons. The highest BCUT2D eigenvalue weighted by molar-refractivity contribution is 7.80. The molecule has 1 aliphatic heterocycles. The number of hydrogen-bond donors (Lipinski definition) is 1. The molecule has 0 atom stereocenters. The Kier molecular flexibility index (Phi) is 3.34. The molecule has 18 heavy (non-hydrogen) atoms. The summed E-state index contributed by atoms with van der Waals surface area (Å²) in [5.74, 6) is 0.0142. The van der Waals surface area contributed by atoms with Crippen molar-refractivity contribution in [3.05, 3.63) is 35.5 Å². The second kappa shape index (κ2) is 4.78. The number of amides is 1. The zero-order valence-electron chi connectivity index (χ0n) is 10.3. The van der Waals surface area contributed by atoms with Crippen molar-refractivity contribution in [3.63, 3.8) is 0 Å². The Morgan fingerprint density at radius 2 is 2.06 bits per heavy atom. The summed E-state index contributed by atoms with van der Waals surface area (Å²) in [4.78, 5) is 15.3. The molecule has 0 aromatic heterocycles. The number of aromatic hydroxyl groups is 1. The first-order valence-corrected chi connectivity index (χ1v) is 6.06. The third-order valence-electron chi connectivity index (χ3n) is 2.89. The number of nitrogens with zero attached hydrogens (tertiary/aromatic N) is 2. The van der Waals surface area contributed by atoms with Crippen LogP contribution < -0.4 is 0 Å². The van der Waals surface area contributed by atoms with Crippen LogP contribution in [0.3, 0.4) is 0 Å². The molecule has 0 unspecified atom stereocenters. The number of thiocarbonyl (C=S) groups is 1. The number of likely N-dealkylation sites (N-methyl/N-ethyl adjacent to an activating group) is 2. The number of carbonyl (C=O) groups is 1. The highest BCUT2D eigenvalue weighted by Crippen LogP contribution is 2.25. The standard InChI is InChI=1S/C13H14N2O2S/c1-3-15-12(17)10(14(2)13(15)18)8-9-6-4-5-7-11(9)16/h4-8,16H,3H2,1-2H3/b10-8+. The molecule has 0 bridgehead atoms. The molecule has 0 radical (unpaired) electrons. The summed E-state index contributed by atoms with van der Waals surface area (Å²) in [7, 11) is 1.75. The van der Waals surface area contributed by atoms with Crippen molar-refractivity contribution in [2.24, 2.45) is 0 Å². The zero-order chi connectivity index (χ0) is 13.3. The molecular weight excluding hydrogens is 248 g/mol. The van der Waals surface area contributed by atoms with E-state index in [0.717, 1.165) is 0 Å². The van der Waals surface area contributed by atoms with Crippen LogP contribution in [0.1, 0.15) is 12.5 Å². The van der Waals surface area contributed by atoms with Crippen molar-refractivity contribution in [3.8, 4) is 5.75 Å². The maximum Gasteiger partial charge on any atom is 0.276 e. The van der Waals surface area contributed by atoms with E-state index in [1.165, 1.54) is 4.90 Å². The van der Waals surface area contributed by atoms with Gasteiger partial charge in [-0.3, -0.25) is 9.69 Å². The van der Waals surface area contributed by atoms with Gasteiger partial charge in [0.05, 0.1) is 0 Å². The van der Waals surface area contributed by atoms with Gasteiger partial charge in [0, 0.05) is 19.2 Å². The van der Waals surface area contributed by atoms with Gasteiger partial charge in [-0.1, -0.05) is 18.2 Å². The molecule has 2 rings (SSSR count). The first-order chi connectivity index (χ1) is 8.56. The predicted molar refractivity (Wildman–Crippen MR) is 73.8 cm³/mol. The molecule has 0 saturated carbocycles. The molecule has 1 amide bonds. The topological polar surface area (TPSA) is 43.8 Å². The normalized spacial score (nSPS) is 18.0. The average molecular weight is 262 g/mol. The maximum atomic E-state index is 12.1. The van der Waals surface area contributed by atoms with Crippen molar-refractivity contribution in [1.82, 2.24) is 9.80 Å². The van der Waals surface area contributed by atoms with Gasteiger partial charge >= 0.3 is 0 Å². The summed E-state index contributed by atoms with van der Waals surface area (Å²) in [6.07, 6.45) is 1.65. The van der Waals surface area contributed by atoms with Gasteiger partial charge in [0.25, 0.3) is 5.91 Å². The minimum absolute atomic E-state index is 0.131. The third kappa shape index (κ3) is 1.97. The van der Waals surface area contributed by atoms with Gasteiger partial charge in [0.15, 0.2) is 5.11 Å². The first-order valence-electron chi connectivity index (χ1n) is 5.65. The molecule has 0 spiro atoms. The second-order valence-electron chi connectivity index (χ2n) is 3.98. The molecule has 1 heterocycles. The van der Waals surface area contributed by atoms with E-state index >= 15 is 0 Å². The predicted octanol–water partition coefficient (Wildman–Crippen LogP) is 1.81. The summed E-state index contributed by atoms with van der Waals surface area (Å²) >= 11 is 5.19. The number of rotatable bonds is 2. The van der Waals surface area contributed by atoms with Crippen molar-refractivity contribution in [2.45, 2.75) is 6.92 Å². The van der Waals surface area contributed by atoms with Gasteiger partial charge in [-0.25, -0.2) is 0 Å². The number of carbonyl (C=O) groups excluding carboxylic acids is 1. The lowest BCUT2D eigenvalue weighted by Gasteiger charge is -2.13. The fourth-order valence-corrected chi connectivity index (χ4v) is 2.16. The van der Waals surface area contributed by atoms with Gasteiger partial charge in [-0.15, -0.1) is 0 Å². The Morgan fingerprint density at radius 3 is 2.61 bits per heavy atom. The lowest BCUT2D eigenvalue weighted by Crippen LogP contribution is -2.30. The maximum absolute atomic E-state index is 12.1. The first kappa shape index (κ1) is 12.6. The van der Waals surface area contributed by atoms with E-state index in [9.17, 15) is 9.90 Å². The number of para-hydroxylation sites is 1. The molecule has 4 nitrogen and oxygen atoms in total. The van der Waals surface area contributed by atoms with E-state index in [-0.39, 0.29) is 11.7 Å². The van der Waals surface area contributed by atoms with E-state index in [0.29, 0.717) is 22.9 Å². The molecule has 1 aliphatic rings. The zero-order valence-corrected chi connectivity index (χ0v) is 11.1. The van der Waals surface area contributed by atoms with E-state index in [1.807, 2.05) is 6.92 Å². The quantitative estimate of drug-likeness (QED) is 0.652. The minimum Gasteiger partial charge on any atom is -0.507 e. The van der Waals surface area contributed by atoms with E-state index in [4.69, 9.17) is 12.2 Å². The van der Waals surface area contributed by atoms with Crippen LogP contribution in [0, 0.1) is 0 Å². The Morgan fingerprint density at radius 1 is 1.39 bits per heavy atom. The van der Waals surface area contributed by atoms with Crippen LogP contribution in [0.4, 0.5) is 0 Å².